The van der Waals surface area contributed by atoms with Crippen LogP contribution in [0.2, 0.25) is 0 Å². The maximum atomic E-state index is 13.0. The highest BCUT2D eigenvalue weighted by molar-refractivity contribution is 6.05. The molecule has 5 nitrogen and oxygen atoms in total. The van der Waals surface area contributed by atoms with Crippen LogP contribution in [0.4, 0.5) is 0 Å². The second-order valence-electron chi connectivity index (χ2n) is 7.23. The van der Waals surface area contributed by atoms with E-state index < -0.39 is 5.97 Å². The van der Waals surface area contributed by atoms with Crippen LogP contribution in [0, 0.1) is 5.92 Å². The van der Waals surface area contributed by atoms with Crippen molar-refractivity contribution in [2.45, 2.75) is 26.2 Å². The number of ether oxygens (including phenoxy) is 1. The smallest absolute Gasteiger partial charge is 0.339 e. The SMILES string of the molecule is C=CCN(CC=C)C(=O)COC(=O)c1c2c(nc3ccccc13)CCC(C)C2. The average molecular weight is 378 g/mol. The van der Waals surface area contributed by atoms with Crippen molar-refractivity contribution >= 4 is 22.8 Å². The van der Waals surface area contributed by atoms with E-state index in [-0.39, 0.29) is 12.5 Å². The topological polar surface area (TPSA) is 59.5 Å². The van der Waals surface area contributed by atoms with Crippen molar-refractivity contribution in [2.75, 3.05) is 19.7 Å². The predicted molar refractivity (Wildman–Crippen MR) is 110 cm³/mol. The molecular weight excluding hydrogens is 352 g/mol. The Kier molecular flexibility index (Phi) is 6.24. The average Bonchev–Trinajstić information content (AvgIpc) is 2.70. The Hall–Kier alpha value is -2.95. The van der Waals surface area contributed by atoms with E-state index >= 15 is 0 Å². The fourth-order valence-corrected chi connectivity index (χ4v) is 3.68. The molecule has 0 bridgehead atoms. The normalized spacial score (nSPS) is 15.5. The van der Waals surface area contributed by atoms with Gasteiger partial charge in [-0.25, -0.2) is 4.79 Å². The Labute approximate surface area is 165 Å². The first-order valence-electron chi connectivity index (χ1n) is 9.62. The van der Waals surface area contributed by atoms with Crippen molar-refractivity contribution in [3.05, 3.63) is 66.4 Å². The molecule has 1 heterocycles. The highest BCUT2D eigenvalue weighted by Crippen LogP contribution is 2.31. The predicted octanol–water partition coefficient (Wildman–Crippen LogP) is 3.72. The molecule has 0 radical (unpaired) electrons. The van der Waals surface area contributed by atoms with E-state index in [1.165, 1.54) is 4.90 Å². The van der Waals surface area contributed by atoms with Crippen LogP contribution in [-0.2, 0) is 22.4 Å². The highest BCUT2D eigenvalue weighted by Gasteiger charge is 2.26. The van der Waals surface area contributed by atoms with Gasteiger partial charge in [0, 0.05) is 24.2 Å². The quantitative estimate of drug-likeness (QED) is 0.544. The minimum absolute atomic E-state index is 0.270. The van der Waals surface area contributed by atoms with Crippen LogP contribution in [0.5, 0.6) is 0 Å². The lowest BCUT2D eigenvalue weighted by molar-refractivity contribution is -0.133. The number of aromatic nitrogens is 1. The van der Waals surface area contributed by atoms with Crippen LogP contribution in [-0.4, -0.2) is 41.5 Å². The molecule has 0 aliphatic heterocycles. The Morgan fingerprint density at radius 2 is 1.96 bits per heavy atom. The molecule has 146 valence electrons. The van der Waals surface area contributed by atoms with Crippen LogP contribution >= 0.6 is 0 Å². The van der Waals surface area contributed by atoms with Crippen molar-refractivity contribution in [1.29, 1.82) is 0 Å². The number of hydrogen-bond acceptors (Lipinski definition) is 4. The number of hydrogen-bond donors (Lipinski definition) is 0. The summed E-state index contributed by atoms with van der Waals surface area (Å²) in [6.45, 7) is 9.95. The molecule has 3 rings (SSSR count). The monoisotopic (exact) mass is 378 g/mol. The number of amides is 1. The third-order valence-electron chi connectivity index (χ3n) is 5.09. The van der Waals surface area contributed by atoms with Gasteiger partial charge >= 0.3 is 5.97 Å². The summed E-state index contributed by atoms with van der Waals surface area (Å²) >= 11 is 0. The first kappa shape index (κ1) is 19.8. The van der Waals surface area contributed by atoms with Crippen molar-refractivity contribution in [2.24, 2.45) is 5.92 Å². The number of benzene rings is 1. The molecule has 1 aliphatic rings. The molecule has 2 aromatic rings. The molecular formula is C23H26N2O3. The second kappa shape index (κ2) is 8.83. The Morgan fingerprint density at radius 3 is 2.68 bits per heavy atom. The van der Waals surface area contributed by atoms with Crippen molar-refractivity contribution in [3.8, 4) is 0 Å². The Balaban J connectivity index is 1.89. The van der Waals surface area contributed by atoms with Crippen LogP contribution in [0.15, 0.2) is 49.6 Å². The van der Waals surface area contributed by atoms with Gasteiger partial charge in [-0.15, -0.1) is 13.2 Å². The van der Waals surface area contributed by atoms with Gasteiger partial charge in [-0.05, 0) is 36.8 Å². The van der Waals surface area contributed by atoms with Crippen molar-refractivity contribution < 1.29 is 14.3 Å². The summed E-state index contributed by atoms with van der Waals surface area (Å²) in [7, 11) is 0. The number of pyridine rings is 1. The van der Waals surface area contributed by atoms with E-state index in [0.717, 1.165) is 41.4 Å². The van der Waals surface area contributed by atoms with Gasteiger partial charge in [0.15, 0.2) is 6.61 Å². The third-order valence-corrected chi connectivity index (χ3v) is 5.09. The lowest BCUT2D eigenvalue weighted by atomic mass is 9.84. The maximum Gasteiger partial charge on any atom is 0.339 e. The molecule has 0 N–H and O–H groups in total. The van der Waals surface area contributed by atoms with E-state index in [1.54, 1.807) is 12.2 Å². The number of rotatable bonds is 7. The summed E-state index contributed by atoms with van der Waals surface area (Å²) < 4.78 is 5.45. The Bertz CT molecular complexity index is 909. The second-order valence-corrected chi connectivity index (χ2v) is 7.23. The minimum atomic E-state index is -0.463. The van der Waals surface area contributed by atoms with Gasteiger partial charge in [-0.3, -0.25) is 9.78 Å². The van der Waals surface area contributed by atoms with Crippen LogP contribution < -0.4 is 0 Å². The molecule has 1 atom stereocenters. The van der Waals surface area contributed by atoms with E-state index in [2.05, 4.69) is 20.1 Å². The first-order chi connectivity index (χ1) is 13.5. The molecule has 5 heteroatoms. The van der Waals surface area contributed by atoms with Crippen LogP contribution in [0.3, 0.4) is 0 Å². The molecule has 1 aliphatic carbocycles. The Morgan fingerprint density at radius 1 is 1.25 bits per heavy atom. The zero-order valence-corrected chi connectivity index (χ0v) is 16.3. The molecule has 0 fully saturated rings. The number of para-hydroxylation sites is 1. The zero-order valence-electron chi connectivity index (χ0n) is 16.3. The van der Waals surface area contributed by atoms with Gasteiger partial charge in [0.25, 0.3) is 5.91 Å². The number of carbonyl (C=O) groups excluding carboxylic acids is 2. The van der Waals surface area contributed by atoms with Crippen LogP contribution in [0.1, 0.15) is 35.0 Å². The molecule has 1 aromatic heterocycles. The number of fused-ring (bicyclic) bond motifs is 2. The molecule has 0 saturated heterocycles. The molecule has 28 heavy (non-hydrogen) atoms. The fraction of sp³-hybridized carbons (Fsp3) is 0.348. The zero-order chi connectivity index (χ0) is 20.1. The van der Waals surface area contributed by atoms with Gasteiger partial charge in [0.2, 0.25) is 0 Å². The number of nitrogens with zero attached hydrogens (tertiary/aromatic N) is 2. The lowest BCUT2D eigenvalue weighted by Crippen LogP contribution is -2.35. The minimum Gasteiger partial charge on any atom is -0.452 e. The lowest BCUT2D eigenvalue weighted by Gasteiger charge is -2.24. The number of esters is 1. The van der Waals surface area contributed by atoms with Gasteiger partial charge in [0.1, 0.15) is 0 Å². The molecule has 1 aromatic carbocycles. The first-order valence-corrected chi connectivity index (χ1v) is 9.62. The number of aryl methyl sites for hydroxylation is 1. The summed E-state index contributed by atoms with van der Waals surface area (Å²) in [6.07, 6.45) is 5.98. The van der Waals surface area contributed by atoms with E-state index in [0.29, 0.717) is 24.6 Å². The largest absolute Gasteiger partial charge is 0.452 e. The van der Waals surface area contributed by atoms with E-state index in [1.807, 2.05) is 24.3 Å². The molecule has 1 amide bonds. The van der Waals surface area contributed by atoms with Crippen molar-refractivity contribution in [1.82, 2.24) is 9.88 Å². The molecule has 1 unspecified atom stereocenters. The summed E-state index contributed by atoms with van der Waals surface area (Å²) in [5.41, 5.74) is 3.27. The highest BCUT2D eigenvalue weighted by atomic mass is 16.5. The van der Waals surface area contributed by atoms with E-state index in [4.69, 9.17) is 9.72 Å². The van der Waals surface area contributed by atoms with Gasteiger partial charge < -0.3 is 9.64 Å². The van der Waals surface area contributed by atoms with Gasteiger partial charge in [-0.1, -0.05) is 37.3 Å². The number of carbonyl (C=O) groups is 2. The summed E-state index contributed by atoms with van der Waals surface area (Å²) in [4.78, 5) is 31.7. The summed E-state index contributed by atoms with van der Waals surface area (Å²) in [6, 6.07) is 7.60. The van der Waals surface area contributed by atoms with E-state index in [9.17, 15) is 9.59 Å². The molecule has 0 saturated carbocycles. The van der Waals surface area contributed by atoms with Gasteiger partial charge in [0.05, 0.1) is 11.1 Å². The van der Waals surface area contributed by atoms with Gasteiger partial charge in [-0.2, -0.15) is 0 Å². The maximum absolute atomic E-state index is 13.0. The third kappa shape index (κ3) is 4.14. The summed E-state index contributed by atoms with van der Waals surface area (Å²) in [5.74, 6) is -0.248. The fourth-order valence-electron chi connectivity index (χ4n) is 3.68. The van der Waals surface area contributed by atoms with Crippen molar-refractivity contribution in [3.63, 3.8) is 0 Å². The molecule has 0 spiro atoms. The summed E-state index contributed by atoms with van der Waals surface area (Å²) in [5, 5.41) is 0.779. The van der Waals surface area contributed by atoms with Crippen LogP contribution in [0.25, 0.3) is 10.9 Å². The standard InChI is InChI=1S/C23H26N2O3/c1-4-12-25(13-5-2)21(26)15-28-23(27)22-17-8-6-7-9-19(17)24-20-11-10-16(3)14-18(20)22/h4-9,16H,1-2,10-15H2,3H3.